The SMILES string of the molecule is COC(=O)c1cccc(CN2CCCC(Nc3ccc(N)c(C=N)c3)C2)c1. The minimum Gasteiger partial charge on any atom is -0.465 e. The van der Waals surface area contributed by atoms with Crippen molar-refractivity contribution in [1.29, 1.82) is 5.41 Å². The normalized spacial score (nSPS) is 17.3. The maximum absolute atomic E-state index is 11.7. The van der Waals surface area contributed by atoms with E-state index in [9.17, 15) is 4.79 Å². The summed E-state index contributed by atoms with van der Waals surface area (Å²) < 4.78 is 4.80. The lowest BCUT2D eigenvalue weighted by Crippen LogP contribution is -2.41. The number of nitrogen functional groups attached to an aromatic ring is 1. The number of ether oxygens (including phenoxy) is 1. The van der Waals surface area contributed by atoms with Crippen LogP contribution in [0.3, 0.4) is 0 Å². The highest BCUT2D eigenvalue weighted by atomic mass is 16.5. The predicted octanol–water partition coefficient (Wildman–Crippen LogP) is 3.13. The van der Waals surface area contributed by atoms with Gasteiger partial charge in [0.2, 0.25) is 0 Å². The van der Waals surface area contributed by atoms with Gasteiger partial charge in [0.15, 0.2) is 0 Å². The summed E-state index contributed by atoms with van der Waals surface area (Å²) in [6, 6.07) is 13.7. The molecule has 1 unspecified atom stereocenters. The van der Waals surface area contributed by atoms with Crippen molar-refractivity contribution in [2.75, 3.05) is 31.2 Å². The van der Waals surface area contributed by atoms with Crippen LogP contribution in [0.4, 0.5) is 11.4 Å². The Morgan fingerprint density at radius 1 is 1.37 bits per heavy atom. The predicted molar refractivity (Wildman–Crippen MR) is 108 cm³/mol. The van der Waals surface area contributed by atoms with Crippen molar-refractivity contribution in [1.82, 2.24) is 4.90 Å². The average molecular weight is 366 g/mol. The van der Waals surface area contributed by atoms with E-state index in [4.69, 9.17) is 15.9 Å². The monoisotopic (exact) mass is 366 g/mol. The Kier molecular flexibility index (Phi) is 6.08. The van der Waals surface area contributed by atoms with E-state index in [-0.39, 0.29) is 5.97 Å². The van der Waals surface area contributed by atoms with Crippen molar-refractivity contribution in [3.8, 4) is 0 Å². The number of rotatable bonds is 6. The summed E-state index contributed by atoms with van der Waals surface area (Å²) in [6.45, 7) is 2.76. The Bertz CT molecular complexity index is 822. The first-order chi connectivity index (χ1) is 13.1. The Morgan fingerprint density at radius 3 is 3.00 bits per heavy atom. The van der Waals surface area contributed by atoms with Crippen molar-refractivity contribution < 1.29 is 9.53 Å². The highest BCUT2D eigenvalue weighted by Crippen LogP contribution is 2.21. The lowest BCUT2D eigenvalue weighted by molar-refractivity contribution is 0.0600. The van der Waals surface area contributed by atoms with Crippen molar-refractivity contribution in [2.45, 2.75) is 25.4 Å². The van der Waals surface area contributed by atoms with Crippen LogP contribution < -0.4 is 11.1 Å². The van der Waals surface area contributed by atoms with Gasteiger partial charge in [-0.15, -0.1) is 0 Å². The first-order valence-corrected chi connectivity index (χ1v) is 9.15. The molecule has 6 nitrogen and oxygen atoms in total. The average Bonchev–Trinajstić information content (AvgIpc) is 2.69. The zero-order chi connectivity index (χ0) is 19.2. The number of benzene rings is 2. The summed E-state index contributed by atoms with van der Waals surface area (Å²) in [4.78, 5) is 14.1. The number of nitrogens with one attached hydrogen (secondary N) is 2. The summed E-state index contributed by atoms with van der Waals surface area (Å²) >= 11 is 0. The smallest absolute Gasteiger partial charge is 0.337 e. The fourth-order valence-corrected chi connectivity index (χ4v) is 3.51. The molecule has 0 aromatic heterocycles. The van der Waals surface area contributed by atoms with Gasteiger partial charge in [-0.2, -0.15) is 0 Å². The third kappa shape index (κ3) is 4.86. The molecule has 1 aliphatic heterocycles. The van der Waals surface area contributed by atoms with Crippen molar-refractivity contribution in [3.63, 3.8) is 0 Å². The largest absolute Gasteiger partial charge is 0.465 e. The Balaban J connectivity index is 1.63. The van der Waals surface area contributed by atoms with Crippen LogP contribution in [-0.4, -0.2) is 43.3 Å². The molecular weight excluding hydrogens is 340 g/mol. The fourth-order valence-electron chi connectivity index (χ4n) is 3.51. The molecule has 1 atom stereocenters. The van der Waals surface area contributed by atoms with Crippen LogP contribution in [0.25, 0.3) is 0 Å². The van der Waals surface area contributed by atoms with Crippen molar-refractivity contribution in [3.05, 3.63) is 59.2 Å². The van der Waals surface area contributed by atoms with Gasteiger partial charge in [0.05, 0.1) is 12.7 Å². The second-order valence-electron chi connectivity index (χ2n) is 6.90. The minimum absolute atomic E-state index is 0.305. The molecule has 0 bridgehead atoms. The van der Waals surface area contributed by atoms with E-state index in [1.54, 1.807) is 6.07 Å². The molecule has 2 aromatic rings. The van der Waals surface area contributed by atoms with Crippen LogP contribution in [0.2, 0.25) is 0 Å². The summed E-state index contributed by atoms with van der Waals surface area (Å²) in [7, 11) is 1.40. The molecule has 1 heterocycles. The Morgan fingerprint density at radius 2 is 2.22 bits per heavy atom. The number of nitrogens with two attached hydrogens (primary N) is 1. The number of likely N-dealkylation sites (tertiary alicyclic amines) is 1. The molecule has 6 heteroatoms. The lowest BCUT2D eigenvalue weighted by atomic mass is 10.0. The number of hydrogen-bond donors (Lipinski definition) is 3. The van der Waals surface area contributed by atoms with E-state index in [1.165, 1.54) is 13.3 Å². The molecule has 4 N–H and O–H groups in total. The molecule has 0 spiro atoms. The highest BCUT2D eigenvalue weighted by molar-refractivity contribution is 5.89. The molecule has 1 saturated heterocycles. The third-order valence-corrected chi connectivity index (χ3v) is 4.87. The summed E-state index contributed by atoms with van der Waals surface area (Å²) in [5.41, 5.74) is 9.89. The second-order valence-corrected chi connectivity index (χ2v) is 6.90. The third-order valence-electron chi connectivity index (χ3n) is 4.87. The molecule has 1 fully saturated rings. The molecule has 142 valence electrons. The van der Waals surface area contributed by atoms with Crippen LogP contribution in [0.15, 0.2) is 42.5 Å². The fraction of sp³-hybridized carbons (Fsp3) is 0.333. The molecule has 2 aromatic carbocycles. The van der Waals surface area contributed by atoms with Crippen molar-refractivity contribution >= 4 is 23.6 Å². The van der Waals surface area contributed by atoms with E-state index in [2.05, 4.69) is 10.2 Å². The standard InChI is InChI=1S/C21H26N4O2/c1-27-21(26)16-5-2-4-15(10-16)13-25-9-3-6-19(14-25)24-18-7-8-20(23)17(11-18)12-22/h2,4-5,7-8,10-12,19,22,24H,3,6,9,13-14,23H2,1H3. The van der Waals surface area contributed by atoms with Gasteiger partial charge < -0.3 is 21.2 Å². The minimum atomic E-state index is -0.305. The van der Waals surface area contributed by atoms with Gasteiger partial charge in [0.1, 0.15) is 0 Å². The number of nitrogens with zero attached hydrogens (tertiary/aromatic N) is 1. The molecule has 0 saturated carbocycles. The van der Waals surface area contributed by atoms with Crippen LogP contribution in [0.1, 0.15) is 34.3 Å². The van der Waals surface area contributed by atoms with Gasteiger partial charge >= 0.3 is 5.97 Å². The number of anilines is 2. The van der Waals surface area contributed by atoms with Gasteiger partial charge in [0, 0.05) is 42.3 Å². The molecule has 0 radical (unpaired) electrons. The summed E-state index contributed by atoms with van der Waals surface area (Å²) in [5.74, 6) is -0.305. The molecular formula is C21H26N4O2. The number of esters is 1. The number of carbonyl (C=O) groups excluding carboxylic acids is 1. The van der Waals surface area contributed by atoms with E-state index >= 15 is 0 Å². The zero-order valence-electron chi connectivity index (χ0n) is 15.6. The number of methoxy groups -OCH3 is 1. The van der Waals surface area contributed by atoms with Crippen LogP contribution in [0, 0.1) is 5.41 Å². The Hall–Kier alpha value is -2.86. The molecule has 1 aliphatic rings. The van der Waals surface area contributed by atoms with E-state index in [0.717, 1.165) is 49.3 Å². The number of carbonyl (C=O) groups is 1. The van der Waals surface area contributed by atoms with Crippen LogP contribution in [-0.2, 0) is 11.3 Å². The van der Waals surface area contributed by atoms with Gasteiger partial charge in [-0.25, -0.2) is 4.79 Å². The maximum atomic E-state index is 11.7. The maximum Gasteiger partial charge on any atom is 0.337 e. The van der Waals surface area contributed by atoms with E-state index in [1.807, 2.05) is 36.4 Å². The number of piperidine rings is 1. The van der Waals surface area contributed by atoms with Gasteiger partial charge in [-0.1, -0.05) is 12.1 Å². The summed E-state index contributed by atoms with van der Waals surface area (Å²) in [5, 5.41) is 11.0. The second kappa shape index (κ2) is 8.68. The number of hydrogen-bond acceptors (Lipinski definition) is 6. The van der Waals surface area contributed by atoms with Gasteiger partial charge in [-0.05, 0) is 55.3 Å². The Labute approximate surface area is 159 Å². The van der Waals surface area contributed by atoms with E-state index in [0.29, 0.717) is 17.3 Å². The molecule has 0 aliphatic carbocycles. The topological polar surface area (TPSA) is 91.4 Å². The molecule has 3 rings (SSSR count). The van der Waals surface area contributed by atoms with E-state index < -0.39 is 0 Å². The first-order valence-electron chi connectivity index (χ1n) is 9.15. The quantitative estimate of drug-likeness (QED) is 0.415. The van der Waals surface area contributed by atoms with Gasteiger partial charge in [0.25, 0.3) is 0 Å². The van der Waals surface area contributed by atoms with Crippen LogP contribution in [0.5, 0.6) is 0 Å². The molecule has 0 amide bonds. The zero-order valence-corrected chi connectivity index (χ0v) is 15.6. The molecule has 27 heavy (non-hydrogen) atoms. The van der Waals surface area contributed by atoms with Crippen LogP contribution >= 0.6 is 0 Å². The lowest BCUT2D eigenvalue weighted by Gasteiger charge is -2.33. The highest BCUT2D eigenvalue weighted by Gasteiger charge is 2.20. The van der Waals surface area contributed by atoms with Gasteiger partial charge in [-0.3, -0.25) is 4.90 Å². The first kappa shape index (κ1) is 18.9. The van der Waals surface area contributed by atoms with Crippen molar-refractivity contribution in [2.24, 2.45) is 0 Å². The summed E-state index contributed by atoms with van der Waals surface area (Å²) in [6.07, 6.45) is 3.49.